The van der Waals surface area contributed by atoms with E-state index in [4.69, 9.17) is 0 Å². The van der Waals surface area contributed by atoms with Gasteiger partial charge in [0.05, 0.1) is 18.4 Å². The fourth-order valence-electron chi connectivity index (χ4n) is 1.11. The molecule has 0 amide bonds. The Morgan fingerprint density at radius 3 is 2.64 bits per heavy atom. The average Bonchev–Trinajstić information content (AvgIpc) is 2.57. The number of ketones is 1. The van der Waals surface area contributed by atoms with E-state index in [-0.39, 0.29) is 0 Å². The summed E-state index contributed by atoms with van der Waals surface area (Å²) in [6.45, 7) is 4.25. The Morgan fingerprint density at radius 1 is 1.57 bits per heavy atom. The van der Waals surface area contributed by atoms with E-state index in [1.54, 1.807) is 17.8 Å². The molecule has 5 nitrogen and oxygen atoms in total. The number of aryl methyl sites for hydroxylation is 2. The van der Waals surface area contributed by atoms with E-state index in [1.165, 1.54) is 7.11 Å². The largest absolute Gasteiger partial charge is 0.463 e. The highest BCUT2D eigenvalue weighted by Gasteiger charge is 2.21. The van der Waals surface area contributed by atoms with Gasteiger partial charge in [-0.25, -0.2) is 4.79 Å². The van der Waals surface area contributed by atoms with Crippen LogP contribution in [0, 0.1) is 6.92 Å². The number of esters is 1. The van der Waals surface area contributed by atoms with Crippen LogP contribution in [0.5, 0.6) is 0 Å². The van der Waals surface area contributed by atoms with Crippen LogP contribution in [0.3, 0.4) is 0 Å². The fourth-order valence-corrected chi connectivity index (χ4v) is 1.11. The summed E-state index contributed by atoms with van der Waals surface area (Å²) in [5.74, 6) is -1.51. The normalized spacial score (nSPS) is 9.93. The molecule has 0 N–H and O–H groups in total. The molecule has 1 heterocycles. The zero-order valence-electron chi connectivity index (χ0n) is 8.40. The molecule has 1 rings (SSSR count). The molecule has 5 heteroatoms. The van der Waals surface area contributed by atoms with Gasteiger partial charge in [-0.05, 0) is 13.8 Å². The lowest BCUT2D eigenvalue weighted by Gasteiger charge is -1.95. The molecular weight excluding hydrogens is 184 g/mol. The third-order valence-corrected chi connectivity index (χ3v) is 1.89. The Balaban J connectivity index is 3.00. The molecule has 0 aromatic carbocycles. The molecule has 0 aliphatic heterocycles. The Bertz CT molecular complexity index is 368. The Kier molecular flexibility index (Phi) is 3.01. The lowest BCUT2D eigenvalue weighted by molar-refractivity contribution is -0.135. The first-order valence-electron chi connectivity index (χ1n) is 4.26. The fraction of sp³-hybridized carbons (Fsp3) is 0.444. The van der Waals surface area contributed by atoms with Crippen LogP contribution in [-0.4, -0.2) is 28.6 Å². The van der Waals surface area contributed by atoms with E-state index in [0.29, 0.717) is 17.8 Å². The van der Waals surface area contributed by atoms with Crippen molar-refractivity contribution in [1.82, 2.24) is 9.78 Å². The molecule has 1 aromatic heterocycles. The van der Waals surface area contributed by atoms with Crippen molar-refractivity contribution in [3.05, 3.63) is 17.5 Å². The van der Waals surface area contributed by atoms with Gasteiger partial charge in [0.2, 0.25) is 0 Å². The molecule has 0 radical (unpaired) electrons. The second-order valence-corrected chi connectivity index (χ2v) is 2.80. The maximum absolute atomic E-state index is 11.4. The zero-order chi connectivity index (χ0) is 10.7. The van der Waals surface area contributed by atoms with E-state index in [0.717, 1.165) is 0 Å². The number of ether oxygens (including phenoxy) is 1. The molecule has 14 heavy (non-hydrogen) atoms. The molecule has 0 bridgehead atoms. The summed E-state index contributed by atoms with van der Waals surface area (Å²) >= 11 is 0. The minimum atomic E-state index is -0.858. The summed E-state index contributed by atoms with van der Waals surface area (Å²) in [5.41, 5.74) is 0.848. The van der Waals surface area contributed by atoms with Crippen molar-refractivity contribution < 1.29 is 14.3 Å². The number of nitrogens with zero attached hydrogens (tertiary/aromatic N) is 2. The topological polar surface area (TPSA) is 61.2 Å². The van der Waals surface area contributed by atoms with Crippen molar-refractivity contribution in [3.63, 3.8) is 0 Å². The molecule has 0 atom stereocenters. The van der Waals surface area contributed by atoms with Crippen molar-refractivity contribution in [2.75, 3.05) is 7.11 Å². The van der Waals surface area contributed by atoms with Crippen LogP contribution in [0.4, 0.5) is 0 Å². The first-order chi connectivity index (χ1) is 6.60. The van der Waals surface area contributed by atoms with Gasteiger partial charge in [-0.15, -0.1) is 0 Å². The molecule has 0 unspecified atom stereocenters. The van der Waals surface area contributed by atoms with Gasteiger partial charge in [0.15, 0.2) is 0 Å². The SMILES string of the molecule is CCn1cc(C(=O)C(=O)OC)c(C)n1. The van der Waals surface area contributed by atoms with Crippen molar-refractivity contribution in [3.8, 4) is 0 Å². The van der Waals surface area contributed by atoms with Crippen LogP contribution in [0.25, 0.3) is 0 Å². The van der Waals surface area contributed by atoms with Gasteiger partial charge >= 0.3 is 5.97 Å². The molecule has 0 aliphatic rings. The standard InChI is InChI=1S/C9H12N2O3/c1-4-11-5-7(6(2)10-11)8(12)9(13)14-3/h5H,4H2,1-3H3. The van der Waals surface area contributed by atoms with E-state index in [2.05, 4.69) is 9.84 Å². The van der Waals surface area contributed by atoms with Crippen LogP contribution in [-0.2, 0) is 16.1 Å². The number of rotatable bonds is 3. The minimum absolute atomic E-state index is 0.304. The van der Waals surface area contributed by atoms with Gasteiger partial charge in [0.25, 0.3) is 5.78 Å². The predicted octanol–water partition coefficient (Wildman–Crippen LogP) is 0.567. The smallest absolute Gasteiger partial charge is 0.379 e. The van der Waals surface area contributed by atoms with Gasteiger partial charge in [0.1, 0.15) is 0 Å². The maximum atomic E-state index is 11.4. The van der Waals surface area contributed by atoms with Crippen molar-refractivity contribution >= 4 is 11.8 Å². The summed E-state index contributed by atoms with van der Waals surface area (Å²) < 4.78 is 5.94. The number of carbonyl (C=O) groups is 2. The molecule has 0 saturated carbocycles. The van der Waals surface area contributed by atoms with Gasteiger partial charge in [-0.1, -0.05) is 0 Å². The number of Topliss-reactive ketones (excluding diaryl/α,β-unsaturated/α-hetero) is 1. The third kappa shape index (κ3) is 1.81. The summed E-state index contributed by atoms with van der Waals surface area (Å²) in [6, 6.07) is 0. The van der Waals surface area contributed by atoms with E-state index < -0.39 is 11.8 Å². The Morgan fingerprint density at radius 2 is 2.21 bits per heavy atom. The average molecular weight is 196 g/mol. The zero-order valence-corrected chi connectivity index (χ0v) is 8.40. The van der Waals surface area contributed by atoms with Crippen molar-refractivity contribution in [2.45, 2.75) is 20.4 Å². The Labute approximate surface area is 81.7 Å². The van der Waals surface area contributed by atoms with Crippen molar-refractivity contribution in [2.24, 2.45) is 0 Å². The van der Waals surface area contributed by atoms with Crippen LogP contribution in [0.15, 0.2) is 6.20 Å². The van der Waals surface area contributed by atoms with Gasteiger partial charge < -0.3 is 4.74 Å². The van der Waals surface area contributed by atoms with E-state index in [1.807, 2.05) is 6.92 Å². The number of hydrogen-bond acceptors (Lipinski definition) is 4. The summed E-state index contributed by atoms with van der Waals surface area (Å²) in [4.78, 5) is 22.4. The van der Waals surface area contributed by atoms with E-state index >= 15 is 0 Å². The predicted molar refractivity (Wildman–Crippen MR) is 49.0 cm³/mol. The van der Waals surface area contributed by atoms with Crippen LogP contribution >= 0.6 is 0 Å². The molecular formula is C9H12N2O3. The van der Waals surface area contributed by atoms with Gasteiger partial charge in [0, 0.05) is 12.7 Å². The second kappa shape index (κ2) is 4.04. The number of methoxy groups -OCH3 is 1. The summed E-state index contributed by atoms with van der Waals surface area (Å²) in [7, 11) is 1.18. The lowest BCUT2D eigenvalue weighted by Crippen LogP contribution is -2.15. The van der Waals surface area contributed by atoms with Crippen molar-refractivity contribution in [1.29, 1.82) is 0 Å². The highest BCUT2D eigenvalue weighted by atomic mass is 16.5. The Hall–Kier alpha value is -1.65. The maximum Gasteiger partial charge on any atom is 0.379 e. The quantitative estimate of drug-likeness (QED) is 0.403. The van der Waals surface area contributed by atoms with Gasteiger partial charge in [-0.3, -0.25) is 9.48 Å². The monoisotopic (exact) mass is 196 g/mol. The number of carbonyl (C=O) groups excluding carboxylic acids is 2. The molecule has 0 saturated heterocycles. The molecule has 0 spiro atoms. The van der Waals surface area contributed by atoms with E-state index in [9.17, 15) is 9.59 Å². The van der Waals surface area contributed by atoms with Crippen LogP contribution in [0.2, 0.25) is 0 Å². The molecule has 0 fully saturated rings. The highest BCUT2D eigenvalue weighted by Crippen LogP contribution is 2.07. The van der Waals surface area contributed by atoms with Gasteiger partial charge in [-0.2, -0.15) is 5.10 Å². The minimum Gasteiger partial charge on any atom is -0.463 e. The van der Waals surface area contributed by atoms with Crippen LogP contribution in [0.1, 0.15) is 23.0 Å². The van der Waals surface area contributed by atoms with Crippen LogP contribution < -0.4 is 0 Å². The second-order valence-electron chi connectivity index (χ2n) is 2.80. The molecule has 76 valence electrons. The lowest BCUT2D eigenvalue weighted by atomic mass is 10.2. The number of aromatic nitrogens is 2. The molecule has 1 aromatic rings. The molecule has 0 aliphatic carbocycles. The first kappa shape index (κ1) is 10.4. The summed E-state index contributed by atoms with van der Waals surface area (Å²) in [5, 5.41) is 4.05. The summed E-state index contributed by atoms with van der Waals surface area (Å²) in [6.07, 6.45) is 1.55. The number of hydrogen-bond donors (Lipinski definition) is 0. The third-order valence-electron chi connectivity index (χ3n) is 1.89. The highest BCUT2D eigenvalue weighted by molar-refractivity contribution is 6.40. The first-order valence-corrected chi connectivity index (χ1v) is 4.26.